The second-order valence-corrected chi connectivity index (χ2v) is 2.26. The second kappa shape index (κ2) is 3.77. The van der Waals surface area contributed by atoms with Crippen molar-refractivity contribution in [2.24, 2.45) is 0 Å². The predicted molar refractivity (Wildman–Crippen MR) is 54.9 cm³/mol. The van der Waals surface area contributed by atoms with Crippen molar-refractivity contribution in [1.29, 1.82) is 0 Å². The van der Waals surface area contributed by atoms with E-state index < -0.39 is 0 Å². The smallest absolute Gasteiger partial charge is 0 e. The van der Waals surface area contributed by atoms with Gasteiger partial charge in [0.15, 0.2) is 0 Å². The van der Waals surface area contributed by atoms with Crippen LogP contribution in [-0.4, -0.2) is 23.9 Å². The van der Waals surface area contributed by atoms with Crippen LogP contribution in [0.3, 0.4) is 0 Å². The average Bonchev–Trinajstić information content (AvgIpc) is 2.05. The van der Waals surface area contributed by atoms with Gasteiger partial charge in [0.2, 0.25) is 0 Å². The average molecular weight is 252 g/mol. The van der Waals surface area contributed by atoms with Crippen LogP contribution in [0.2, 0.25) is 0 Å². The fraction of sp³-hybridized carbons (Fsp3) is 0. The maximum atomic E-state index is 3.15. The van der Waals surface area contributed by atoms with Crippen molar-refractivity contribution in [2.45, 2.75) is 0 Å². The third-order valence-corrected chi connectivity index (χ3v) is 1.57. The van der Waals surface area contributed by atoms with Crippen LogP contribution >= 0.6 is 0 Å². The summed E-state index contributed by atoms with van der Waals surface area (Å²) in [4.78, 5) is 0. The summed E-state index contributed by atoms with van der Waals surface area (Å²) in [6.45, 7) is 0. The normalized spacial score (nSPS) is 9.09. The summed E-state index contributed by atoms with van der Waals surface area (Å²) in [5.74, 6) is 0. The van der Waals surface area contributed by atoms with Gasteiger partial charge in [0.1, 0.15) is 0 Å². The monoisotopic (exact) mass is 253 g/mol. The van der Waals surface area contributed by atoms with Gasteiger partial charge < -0.3 is 0 Å². The molecule has 1 heteroatoms. The summed E-state index contributed by atoms with van der Waals surface area (Å²) in [6.07, 6.45) is 0. The van der Waals surface area contributed by atoms with E-state index in [1.165, 1.54) is 10.8 Å². The number of rotatable bonds is 0. The summed E-state index contributed by atoms with van der Waals surface area (Å²) >= 11 is 0. The second-order valence-electron chi connectivity index (χ2n) is 2.26. The van der Waals surface area contributed by atoms with Crippen LogP contribution in [-0.2, 0) is 0 Å². The Morgan fingerprint density at radius 3 is 2.55 bits per heavy atom. The van der Waals surface area contributed by atoms with E-state index in [2.05, 4.69) is 24.3 Å². The van der Waals surface area contributed by atoms with E-state index >= 15 is 0 Å². The fourth-order valence-electron chi connectivity index (χ4n) is 1.06. The Bertz CT molecular complexity index is 286. The van der Waals surface area contributed by atoms with Gasteiger partial charge in [-0.05, 0) is 16.8 Å². The largest absolute Gasteiger partial charge is 0.0616 e. The summed E-state index contributed by atoms with van der Waals surface area (Å²) in [5.41, 5.74) is 0. The molecular weight excluding hydrogens is 239 g/mol. The van der Waals surface area contributed by atoms with Crippen molar-refractivity contribution >= 4 is 34.7 Å². The van der Waals surface area contributed by atoms with Crippen LogP contribution in [0.4, 0.5) is 0 Å². The van der Waals surface area contributed by atoms with Crippen molar-refractivity contribution in [2.75, 3.05) is 0 Å². The molecule has 0 aliphatic rings. The molecule has 0 saturated carbocycles. The third-order valence-electron chi connectivity index (χ3n) is 1.57. The van der Waals surface area contributed by atoms with Gasteiger partial charge in [-0.1, -0.05) is 42.5 Å². The zero-order valence-corrected chi connectivity index (χ0v) is 8.90. The van der Waals surface area contributed by atoms with Gasteiger partial charge in [-0.2, -0.15) is 0 Å². The maximum Gasteiger partial charge on any atom is 0 e. The van der Waals surface area contributed by atoms with Crippen LogP contribution in [0.5, 0.6) is 0 Å². The molecule has 0 bridgehead atoms. The number of fused-ring (bicyclic) bond motifs is 1. The fourth-order valence-corrected chi connectivity index (χ4v) is 1.06. The Morgan fingerprint density at radius 1 is 1.00 bits per heavy atom. The molecule has 0 aliphatic carbocycles. The van der Waals surface area contributed by atoms with Gasteiger partial charge >= 0.3 is 0 Å². The molecule has 11 heavy (non-hydrogen) atoms. The maximum absolute atomic E-state index is 3.15. The Kier molecular flexibility index (Phi) is 2.94. The van der Waals surface area contributed by atoms with Crippen LogP contribution in [0.15, 0.2) is 42.5 Å². The minimum Gasteiger partial charge on any atom is -0.0616 e. The van der Waals surface area contributed by atoms with Crippen molar-refractivity contribution < 1.29 is 4.28 Å². The first-order valence-corrected chi connectivity index (χ1v) is 3.32. The molecule has 0 unspecified atom stereocenters. The van der Waals surface area contributed by atoms with Gasteiger partial charge in [-0.15, -0.1) is 0 Å². The van der Waals surface area contributed by atoms with E-state index in [1.807, 2.05) is 24.3 Å². The van der Waals surface area contributed by atoms with Gasteiger partial charge in [-0.3, -0.25) is 0 Å². The molecule has 0 saturated heterocycles. The summed E-state index contributed by atoms with van der Waals surface area (Å²) in [5, 5.41) is 2.44. The first-order chi connectivity index (χ1) is 4.97. The number of hydrogen-bond acceptors (Lipinski definition) is 0. The van der Waals surface area contributed by atoms with Crippen LogP contribution < -0.4 is 0 Å². The zero-order valence-electron chi connectivity index (χ0n) is 6.04. The van der Waals surface area contributed by atoms with Gasteiger partial charge in [0, 0.05) is 28.2 Å². The van der Waals surface area contributed by atoms with Crippen molar-refractivity contribution in [3.63, 3.8) is 0 Å². The molecule has 0 nitrogen and oxygen atoms in total. The summed E-state index contributed by atoms with van der Waals surface area (Å²) < 4.78 is 0. The molecule has 0 fully saturated rings. The van der Waals surface area contributed by atoms with Crippen molar-refractivity contribution in [1.82, 2.24) is 0 Å². The predicted octanol–water partition coefficient (Wildman–Crippen LogP) is 3.00. The minimum atomic E-state index is 0. The molecule has 2 aromatic rings. The van der Waals surface area contributed by atoms with Crippen molar-refractivity contribution in [3.05, 3.63) is 48.5 Å². The molecule has 0 spiro atoms. The quantitative estimate of drug-likeness (QED) is 0.632. The standard InChI is InChI=1S/C10H7.Sn.3H2/c1-2-6-10-8-4-3-7-9(10)5-1;;;;/h1-7H;;3*1H. The van der Waals surface area contributed by atoms with E-state index in [4.69, 9.17) is 0 Å². The Hall–Kier alpha value is -0.501. The van der Waals surface area contributed by atoms with Crippen LogP contribution in [0.1, 0.15) is 4.28 Å². The molecule has 2 aromatic carbocycles. The van der Waals surface area contributed by atoms with E-state index in [1.54, 1.807) is 0 Å². The van der Waals surface area contributed by atoms with E-state index in [0.29, 0.717) is 0 Å². The molecule has 0 aliphatic heterocycles. The topological polar surface area (TPSA) is 0 Å². The Morgan fingerprint density at radius 2 is 1.73 bits per heavy atom. The molecule has 57 valence electrons. The Labute approximate surface area is 87.6 Å². The van der Waals surface area contributed by atoms with E-state index in [9.17, 15) is 0 Å². The number of hydrogen-bond donors (Lipinski definition) is 0. The molecule has 0 aromatic heterocycles. The molecule has 0 atom stereocenters. The van der Waals surface area contributed by atoms with Crippen LogP contribution in [0.25, 0.3) is 10.8 Å². The van der Waals surface area contributed by atoms with E-state index in [0.717, 1.165) is 0 Å². The molecule has 2 rings (SSSR count). The zero-order chi connectivity index (χ0) is 6.81. The minimum absolute atomic E-state index is 0. The van der Waals surface area contributed by atoms with Gasteiger partial charge in [0.05, 0.1) is 0 Å². The molecule has 0 N–H and O–H groups in total. The Balaban J connectivity index is -0.000000302. The van der Waals surface area contributed by atoms with Gasteiger partial charge in [-0.25, -0.2) is 0 Å². The van der Waals surface area contributed by atoms with Crippen LogP contribution in [0, 0.1) is 6.07 Å². The molecular formula is C10H13Sn. The van der Waals surface area contributed by atoms with Gasteiger partial charge in [0.25, 0.3) is 0 Å². The SMILES string of the molecule is [HH].[HH].[HH].[Sn].[c]1cccc2ccccc12. The van der Waals surface area contributed by atoms with E-state index in [-0.39, 0.29) is 28.2 Å². The van der Waals surface area contributed by atoms with Crippen molar-refractivity contribution in [3.8, 4) is 0 Å². The first-order valence-electron chi connectivity index (χ1n) is 3.32. The summed E-state index contributed by atoms with van der Waals surface area (Å²) in [6, 6.07) is 17.4. The number of benzene rings is 2. The first kappa shape index (κ1) is 8.59. The molecule has 5 radical (unpaired) electrons. The molecule has 0 heterocycles. The third kappa shape index (κ3) is 1.74. The summed E-state index contributed by atoms with van der Waals surface area (Å²) in [7, 11) is 0. The molecule has 0 amide bonds.